The van der Waals surface area contributed by atoms with E-state index in [4.69, 9.17) is 4.55 Å². The summed E-state index contributed by atoms with van der Waals surface area (Å²) < 4.78 is 39.6. The molecule has 2 aliphatic rings. The quantitative estimate of drug-likeness (QED) is 0.352. The minimum Gasteiger partial charge on any atom is -0.358 e. The van der Waals surface area contributed by atoms with E-state index in [1.165, 1.54) is 12.1 Å². The van der Waals surface area contributed by atoms with E-state index in [1.807, 2.05) is 6.92 Å². The zero-order chi connectivity index (χ0) is 25.9. The van der Waals surface area contributed by atoms with Crippen molar-refractivity contribution in [3.63, 3.8) is 0 Å². The molecule has 4 rings (SSSR count). The van der Waals surface area contributed by atoms with Crippen LogP contribution in [-0.4, -0.2) is 66.6 Å². The van der Waals surface area contributed by atoms with Crippen LogP contribution < -0.4 is 10.6 Å². The summed E-state index contributed by atoms with van der Waals surface area (Å²) in [6.45, 7) is 9.07. The number of rotatable bonds is 6. The van der Waals surface area contributed by atoms with E-state index >= 15 is 0 Å². The molecule has 4 N–H and O–H groups in total. The lowest BCUT2D eigenvalue weighted by Gasteiger charge is -2.26. The molecule has 0 bridgehead atoms. The Morgan fingerprint density at radius 3 is 2.49 bits per heavy atom. The number of hydrogen-bond donors (Lipinski definition) is 4. The van der Waals surface area contributed by atoms with Crippen molar-refractivity contribution >= 4 is 39.3 Å². The van der Waals surface area contributed by atoms with Crippen molar-refractivity contribution < 1.29 is 27.0 Å². The van der Waals surface area contributed by atoms with E-state index < -0.39 is 15.9 Å². The Hall–Kier alpha value is -3.02. The maximum atomic E-state index is 13.7. The van der Waals surface area contributed by atoms with Gasteiger partial charge in [0.05, 0.1) is 17.4 Å². The Bertz CT molecular complexity index is 1260. The van der Waals surface area contributed by atoms with E-state index in [1.54, 1.807) is 12.1 Å². The van der Waals surface area contributed by atoms with Crippen LogP contribution in [0.3, 0.4) is 0 Å². The average molecular weight is 507 g/mol. The molecule has 0 aliphatic carbocycles. The molecule has 1 atom stereocenters. The molecule has 2 aliphatic heterocycles. The summed E-state index contributed by atoms with van der Waals surface area (Å²) in [5, 5.41) is 5.88. The van der Waals surface area contributed by atoms with Gasteiger partial charge in [-0.05, 0) is 56.3 Å². The predicted molar refractivity (Wildman–Crippen MR) is 133 cm³/mol. The van der Waals surface area contributed by atoms with E-state index in [2.05, 4.69) is 34.4 Å². The smallest absolute Gasteiger partial charge is 0.261 e. The van der Waals surface area contributed by atoms with Gasteiger partial charge in [-0.3, -0.25) is 14.1 Å². The summed E-state index contributed by atoms with van der Waals surface area (Å²) in [6, 6.07) is 4.31. The Morgan fingerprint density at radius 2 is 1.86 bits per heavy atom. The van der Waals surface area contributed by atoms with Gasteiger partial charge in [0.25, 0.3) is 21.9 Å². The summed E-state index contributed by atoms with van der Waals surface area (Å²) in [6.07, 6.45) is 4.04. The molecule has 0 fully saturated rings. The predicted octanol–water partition coefficient (Wildman–Crippen LogP) is 2.85. The number of nitrogens with zero attached hydrogens (tertiary/aromatic N) is 1. The van der Waals surface area contributed by atoms with Crippen molar-refractivity contribution in [1.82, 2.24) is 15.2 Å². The van der Waals surface area contributed by atoms with Crippen LogP contribution in [0.5, 0.6) is 0 Å². The number of halogens is 1. The van der Waals surface area contributed by atoms with E-state index in [9.17, 15) is 22.4 Å². The number of anilines is 1. The number of aromatic amines is 1. The number of carbonyl (C=O) groups is 2. The highest BCUT2D eigenvalue weighted by molar-refractivity contribution is 7.85. The third-order valence-corrected chi connectivity index (χ3v) is 6.12. The van der Waals surface area contributed by atoms with Gasteiger partial charge in [0.15, 0.2) is 0 Å². The third-order valence-electron chi connectivity index (χ3n) is 6.12. The highest BCUT2D eigenvalue weighted by Gasteiger charge is 2.30. The zero-order valence-corrected chi connectivity index (χ0v) is 21.1. The van der Waals surface area contributed by atoms with Crippen LogP contribution in [-0.2, 0) is 21.3 Å². The topological polar surface area (TPSA) is 132 Å². The van der Waals surface area contributed by atoms with Crippen molar-refractivity contribution in [3.8, 4) is 0 Å². The second-order valence-electron chi connectivity index (χ2n) is 8.64. The van der Waals surface area contributed by atoms with Gasteiger partial charge in [-0.1, -0.05) is 13.8 Å². The van der Waals surface area contributed by atoms with Crippen molar-refractivity contribution in [2.75, 3.05) is 31.2 Å². The van der Waals surface area contributed by atoms with Crippen LogP contribution in [0.15, 0.2) is 18.2 Å². The summed E-state index contributed by atoms with van der Waals surface area (Å²) in [4.78, 5) is 30.9. The van der Waals surface area contributed by atoms with Gasteiger partial charge in [-0.25, -0.2) is 4.39 Å². The fraction of sp³-hybridized carbons (Fsp3) is 0.417. The number of benzene rings is 1. The first-order valence-electron chi connectivity index (χ1n) is 11.4. The number of hydrogen-bond acceptors (Lipinski definition) is 5. The number of aromatic nitrogens is 1. The van der Waals surface area contributed by atoms with Crippen LogP contribution in [0.25, 0.3) is 11.6 Å². The largest absolute Gasteiger partial charge is 0.358 e. The molecule has 35 heavy (non-hydrogen) atoms. The lowest BCUT2D eigenvalue weighted by Crippen LogP contribution is -2.43. The monoisotopic (exact) mass is 506 g/mol. The van der Waals surface area contributed by atoms with E-state index in [0.717, 1.165) is 43.7 Å². The van der Waals surface area contributed by atoms with Gasteiger partial charge in [0.2, 0.25) is 0 Å². The molecule has 2 aromatic rings. The minimum absolute atomic E-state index is 0.0776. The maximum absolute atomic E-state index is 13.7. The fourth-order valence-corrected chi connectivity index (χ4v) is 4.34. The first-order valence-corrected chi connectivity index (χ1v) is 13.3. The highest BCUT2D eigenvalue weighted by atomic mass is 32.2. The molecular formula is C24H31FN4O5S. The lowest BCUT2D eigenvalue weighted by atomic mass is 9.97. The van der Waals surface area contributed by atoms with E-state index in [-0.39, 0.29) is 17.9 Å². The van der Waals surface area contributed by atoms with Crippen LogP contribution in [0, 0.1) is 12.7 Å². The molecule has 9 nitrogen and oxygen atoms in total. The lowest BCUT2D eigenvalue weighted by molar-refractivity contribution is -0.110. The fourth-order valence-electron chi connectivity index (χ4n) is 4.34. The molecule has 0 radical (unpaired) electrons. The van der Waals surface area contributed by atoms with Crippen LogP contribution in [0.2, 0.25) is 0 Å². The maximum Gasteiger partial charge on any atom is 0.261 e. The molecule has 0 spiro atoms. The minimum atomic E-state index is -3.67. The number of fused-ring (bicyclic) bond motifs is 2. The molecule has 11 heteroatoms. The second-order valence-corrected chi connectivity index (χ2v) is 10.1. The SMILES string of the molecule is CCN(CC)CCC1Cc2[nH]c(C=C3C(=O)Nc4ccc(F)cc43)c(C)c2C(=O)N1.CS(=O)(=O)O. The summed E-state index contributed by atoms with van der Waals surface area (Å²) in [5.74, 6) is -0.750. The number of amides is 2. The number of nitrogens with one attached hydrogen (secondary N) is 3. The first-order chi connectivity index (χ1) is 16.4. The number of carbonyl (C=O) groups excluding carboxylic acids is 2. The first kappa shape index (κ1) is 26.6. The van der Waals surface area contributed by atoms with Crippen LogP contribution in [0.1, 0.15) is 53.1 Å². The molecule has 3 heterocycles. The van der Waals surface area contributed by atoms with Gasteiger partial charge in [-0.15, -0.1) is 0 Å². The average Bonchev–Trinajstić information content (AvgIpc) is 3.24. The summed E-state index contributed by atoms with van der Waals surface area (Å²) in [7, 11) is -3.67. The van der Waals surface area contributed by atoms with Gasteiger partial charge < -0.3 is 20.5 Å². The summed E-state index contributed by atoms with van der Waals surface area (Å²) >= 11 is 0. The molecule has 0 saturated carbocycles. The molecular weight excluding hydrogens is 475 g/mol. The second kappa shape index (κ2) is 10.7. The van der Waals surface area contributed by atoms with Gasteiger partial charge in [0, 0.05) is 41.6 Å². The zero-order valence-electron chi connectivity index (χ0n) is 20.2. The highest BCUT2D eigenvalue weighted by Crippen LogP contribution is 2.35. The third kappa shape index (κ3) is 6.56. The summed E-state index contributed by atoms with van der Waals surface area (Å²) in [5.41, 5.74) is 4.58. The molecule has 190 valence electrons. The van der Waals surface area contributed by atoms with Crippen LogP contribution in [0.4, 0.5) is 10.1 Å². The van der Waals surface area contributed by atoms with Crippen molar-refractivity contribution in [2.45, 2.75) is 39.7 Å². The Morgan fingerprint density at radius 1 is 1.20 bits per heavy atom. The standard InChI is InChI=1S/C23H27FN4O2.CH4O3S/c1-4-28(5-2)9-8-15-11-20-21(23(30)25-15)13(3)19(26-20)12-17-16-10-14(24)6-7-18(16)27-22(17)29;1-5(2,3)4/h6-7,10,12,15,26H,4-5,8-9,11H2,1-3H3,(H,25,30)(H,27,29);1H3,(H,2,3,4). The normalized spacial score (nSPS) is 18.0. The molecule has 0 saturated heterocycles. The van der Waals surface area contributed by atoms with E-state index in [0.29, 0.717) is 34.3 Å². The Kier molecular flexibility index (Phi) is 8.14. The van der Waals surface area contributed by atoms with Gasteiger partial charge in [-0.2, -0.15) is 8.42 Å². The van der Waals surface area contributed by atoms with Crippen molar-refractivity contribution in [3.05, 3.63) is 52.1 Å². The Balaban J connectivity index is 0.000000623. The number of H-pyrrole nitrogens is 1. The molecule has 1 aromatic heterocycles. The Labute approximate surface area is 204 Å². The molecule has 1 unspecified atom stereocenters. The van der Waals surface area contributed by atoms with Gasteiger partial charge in [0.1, 0.15) is 5.82 Å². The molecule has 1 aromatic carbocycles. The molecule has 2 amide bonds. The van der Waals surface area contributed by atoms with Crippen LogP contribution >= 0.6 is 0 Å². The van der Waals surface area contributed by atoms with Crippen molar-refractivity contribution in [2.24, 2.45) is 0 Å². The van der Waals surface area contributed by atoms with Gasteiger partial charge >= 0.3 is 0 Å². The van der Waals surface area contributed by atoms with Crippen molar-refractivity contribution in [1.29, 1.82) is 0 Å².